The lowest BCUT2D eigenvalue weighted by atomic mass is 9.99. The Morgan fingerprint density at radius 2 is 2.08 bits per heavy atom. The normalized spacial score (nSPS) is 12.8. The Bertz CT molecular complexity index is 163. The Morgan fingerprint density at radius 3 is 2.33 bits per heavy atom. The molecule has 0 rings (SSSR count). The van der Waals surface area contributed by atoms with Crippen LogP contribution in [0.25, 0.3) is 0 Å². The van der Waals surface area contributed by atoms with E-state index in [0.717, 1.165) is 6.42 Å². The molecule has 0 aromatic carbocycles. The van der Waals surface area contributed by atoms with Crippen LogP contribution in [0.3, 0.4) is 0 Å². The minimum Gasteiger partial charge on any atom is -0.371 e. The Balaban J connectivity index is 4.33. The molecule has 0 bridgehead atoms. The van der Waals surface area contributed by atoms with Gasteiger partial charge in [0.25, 0.3) is 0 Å². The van der Waals surface area contributed by atoms with Crippen LogP contribution in [0.4, 0.5) is 0 Å². The Morgan fingerprint density at radius 1 is 1.58 bits per heavy atom. The van der Waals surface area contributed by atoms with Gasteiger partial charge in [0.15, 0.2) is 5.78 Å². The lowest BCUT2D eigenvalue weighted by Gasteiger charge is -2.25. The molecule has 2 nitrogen and oxygen atoms in total. The number of likely N-dealkylation sites (N-methyl/N-ethyl adjacent to an activating group) is 1. The van der Waals surface area contributed by atoms with E-state index in [4.69, 9.17) is 0 Å². The number of Topliss-reactive ketones (excluding diaryl/α,β-unsaturated/α-hetero) is 1. The summed E-state index contributed by atoms with van der Waals surface area (Å²) < 4.78 is 0. The average Bonchev–Trinajstić information content (AvgIpc) is 2.05. The van der Waals surface area contributed by atoms with Crippen molar-refractivity contribution in [3.05, 3.63) is 12.8 Å². The van der Waals surface area contributed by atoms with Crippen molar-refractivity contribution in [2.75, 3.05) is 7.05 Å². The Labute approximate surface area is 75.3 Å². The van der Waals surface area contributed by atoms with Gasteiger partial charge >= 0.3 is 0 Å². The third-order valence-electron chi connectivity index (χ3n) is 2.06. The zero-order valence-corrected chi connectivity index (χ0v) is 8.50. The van der Waals surface area contributed by atoms with Gasteiger partial charge in [-0.15, -0.1) is 0 Å². The van der Waals surface area contributed by atoms with Crippen LogP contribution in [0, 0.1) is 5.92 Å². The predicted octanol–water partition coefficient (Wildman–Crippen LogP) is 2.07. The lowest BCUT2D eigenvalue weighted by Crippen LogP contribution is -2.36. The van der Waals surface area contributed by atoms with E-state index in [9.17, 15) is 4.79 Å². The standard InChI is InChI=1S/C10H19NO/c1-6-9(11(5)7-2)10(12)8(3)4/h7-9H,2,6H2,1,3-5H3. The van der Waals surface area contributed by atoms with E-state index < -0.39 is 0 Å². The quantitative estimate of drug-likeness (QED) is 0.628. The van der Waals surface area contributed by atoms with Crippen LogP contribution in [0.2, 0.25) is 0 Å². The molecule has 0 saturated carbocycles. The summed E-state index contributed by atoms with van der Waals surface area (Å²) >= 11 is 0. The molecule has 0 spiro atoms. The molecule has 0 aliphatic carbocycles. The molecule has 0 fully saturated rings. The second-order valence-electron chi connectivity index (χ2n) is 3.33. The molecular weight excluding hydrogens is 150 g/mol. The second kappa shape index (κ2) is 4.96. The van der Waals surface area contributed by atoms with Gasteiger partial charge in [-0.05, 0) is 12.6 Å². The van der Waals surface area contributed by atoms with Crippen LogP contribution in [-0.4, -0.2) is 23.8 Å². The first-order valence-electron chi connectivity index (χ1n) is 4.42. The van der Waals surface area contributed by atoms with Crippen molar-refractivity contribution in [3.8, 4) is 0 Å². The molecule has 0 aromatic heterocycles. The summed E-state index contributed by atoms with van der Waals surface area (Å²) in [5.41, 5.74) is 0. The molecule has 0 radical (unpaired) electrons. The summed E-state index contributed by atoms with van der Waals surface area (Å²) in [5, 5.41) is 0. The lowest BCUT2D eigenvalue weighted by molar-refractivity contribution is -0.126. The largest absolute Gasteiger partial charge is 0.371 e. The molecule has 0 aliphatic rings. The maximum Gasteiger partial charge on any atom is 0.157 e. The molecule has 1 unspecified atom stereocenters. The number of hydrogen-bond donors (Lipinski definition) is 0. The maximum absolute atomic E-state index is 11.6. The van der Waals surface area contributed by atoms with Crippen molar-refractivity contribution in [1.82, 2.24) is 4.90 Å². The Kier molecular flexibility index (Phi) is 4.64. The third kappa shape index (κ3) is 2.68. The van der Waals surface area contributed by atoms with Crippen LogP contribution in [-0.2, 0) is 4.79 Å². The van der Waals surface area contributed by atoms with E-state index in [1.807, 2.05) is 32.7 Å². The molecule has 70 valence electrons. The number of rotatable bonds is 5. The highest BCUT2D eigenvalue weighted by Crippen LogP contribution is 2.09. The molecule has 0 amide bonds. The minimum atomic E-state index is 0.00231. The molecule has 0 aliphatic heterocycles. The van der Waals surface area contributed by atoms with Crippen molar-refractivity contribution < 1.29 is 4.79 Å². The van der Waals surface area contributed by atoms with Crippen molar-refractivity contribution in [3.63, 3.8) is 0 Å². The predicted molar refractivity (Wildman–Crippen MR) is 51.9 cm³/mol. The number of ketones is 1. The van der Waals surface area contributed by atoms with Gasteiger partial charge in [-0.2, -0.15) is 0 Å². The minimum absolute atomic E-state index is 0.00231. The van der Waals surface area contributed by atoms with Crippen LogP contribution < -0.4 is 0 Å². The van der Waals surface area contributed by atoms with Crippen LogP contribution in [0.1, 0.15) is 27.2 Å². The van der Waals surface area contributed by atoms with Gasteiger partial charge in [-0.25, -0.2) is 0 Å². The molecule has 12 heavy (non-hydrogen) atoms. The molecule has 0 N–H and O–H groups in total. The first-order valence-corrected chi connectivity index (χ1v) is 4.42. The van der Waals surface area contributed by atoms with E-state index in [1.165, 1.54) is 0 Å². The fraction of sp³-hybridized carbons (Fsp3) is 0.700. The monoisotopic (exact) mass is 169 g/mol. The van der Waals surface area contributed by atoms with E-state index in [0.29, 0.717) is 5.78 Å². The number of hydrogen-bond acceptors (Lipinski definition) is 2. The zero-order chi connectivity index (χ0) is 9.72. The van der Waals surface area contributed by atoms with Gasteiger partial charge < -0.3 is 4.90 Å². The second-order valence-corrected chi connectivity index (χ2v) is 3.33. The van der Waals surface area contributed by atoms with Gasteiger partial charge in [-0.1, -0.05) is 27.4 Å². The van der Waals surface area contributed by atoms with Crippen molar-refractivity contribution in [2.24, 2.45) is 5.92 Å². The zero-order valence-electron chi connectivity index (χ0n) is 8.50. The molecular formula is C10H19NO. The fourth-order valence-electron chi connectivity index (χ4n) is 1.20. The summed E-state index contributed by atoms with van der Waals surface area (Å²) in [6, 6.07) is 0.00231. The van der Waals surface area contributed by atoms with E-state index in [-0.39, 0.29) is 12.0 Å². The van der Waals surface area contributed by atoms with Gasteiger partial charge in [-0.3, -0.25) is 4.79 Å². The molecule has 2 heteroatoms. The first kappa shape index (κ1) is 11.2. The fourth-order valence-corrected chi connectivity index (χ4v) is 1.20. The van der Waals surface area contributed by atoms with Crippen molar-refractivity contribution in [2.45, 2.75) is 33.2 Å². The maximum atomic E-state index is 11.6. The Hall–Kier alpha value is -0.790. The molecule has 0 heterocycles. The molecule has 0 aromatic rings. The first-order chi connectivity index (χ1) is 5.54. The number of nitrogens with zero attached hydrogens (tertiary/aromatic N) is 1. The summed E-state index contributed by atoms with van der Waals surface area (Å²) in [6.07, 6.45) is 2.55. The van der Waals surface area contributed by atoms with Gasteiger partial charge in [0.2, 0.25) is 0 Å². The highest BCUT2D eigenvalue weighted by molar-refractivity contribution is 5.85. The highest BCUT2D eigenvalue weighted by Gasteiger charge is 2.21. The summed E-state index contributed by atoms with van der Waals surface area (Å²) in [5.74, 6) is 0.400. The highest BCUT2D eigenvalue weighted by atomic mass is 16.1. The summed E-state index contributed by atoms with van der Waals surface area (Å²) in [7, 11) is 1.89. The molecule has 0 saturated heterocycles. The molecule has 1 atom stereocenters. The van der Waals surface area contributed by atoms with Crippen LogP contribution in [0.15, 0.2) is 12.8 Å². The average molecular weight is 169 g/mol. The van der Waals surface area contributed by atoms with Gasteiger partial charge in [0.05, 0.1) is 6.04 Å². The van der Waals surface area contributed by atoms with Gasteiger partial charge in [0.1, 0.15) is 0 Å². The van der Waals surface area contributed by atoms with Crippen LogP contribution >= 0.6 is 0 Å². The van der Waals surface area contributed by atoms with Gasteiger partial charge in [0, 0.05) is 13.0 Å². The number of carbonyl (C=O) groups excluding carboxylic acids is 1. The topological polar surface area (TPSA) is 20.3 Å². The third-order valence-corrected chi connectivity index (χ3v) is 2.06. The summed E-state index contributed by atoms with van der Waals surface area (Å²) in [6.45, 7) is 9.53. The smallest absolute Gasteiger partial charge is 0.157 e. The van der Waals surface area contributed by atoms with Crippen molar-refractivity contribution in [1.29, 1.82) is 0 Å². The number of carbonyl (C=O) groups is 1. The van der Waals surface area contributed by atoms with E-state index in [2.05, 4.69) is 6.58 Å². The van der Waals surface area contributed by atoms with Crippen molar-refractivity contribution >= 4 is 5.78 Å². The summed E-state index contributed by atoms with van der Waals surface area (Å²) in [4.78, 5) is 13.5. The van der Waals surface area contributed by atoms with E-state index in [1.54, 1.807) is 6.20 Å². The van der Waals surface area contributed by atoms with Crippen LogP contribution in [0.5, 0.6) is 0 Å². The van der Waals surface area contributed by atoms with E-state index >= 15 is 0 Å². The SMILES string of the molecule is C=CN(C)C(CC)C(=O)C(C)C.